The standard InChI is InChI=1S/C11H10N2O4/c1-2-11(14)17-12-7-6-8-9(12)4-3-5-10(8)13(15)16/h3-7H,2H2,1H3. The van der Waals surface area contributed by atoms with Gasteiger partial charge in [0.1, 0.15) is 0 Å². The van der Waals surface area contributed by atoms with Crippen molar-refractivity contribution in [2.75, 3.05) is 0 Å². The van der Waals surface area contributed by atoms with Crippen LogP contribution >= 0.6 is 0 Å². The van der Waals surface area contributed by atoms with Gasteiger partial charge in [0, 0.05) is 18.7 Å². The highest BCUT2D eigenvalue weighted by atomic mass is 16.7. The summed E-state index contributed by atoms with van der Waals surface area (Å²) in [6.45, 7) is 1.68. The Hall–Kier alpha value is -2.37. The van der Waals surface area contributed by atoms with Crippen LogP contribution in [0.15, 0.2) is 30.5 Å². The maximum Gasteiger partial charge on any atom is 0.332 e. The first-order valence-corrected chi connectivity index (χ1v) is 5.09. The molecular formula is C11H10N2O4. The second-order valence-electron chi connectivity index (χ2n) is 3.43. The van der Waals surface area contributed by atoms with E-state index in [0.29, 0.717) is 10.9 Å². The third-order valence-electron chi connectivity index (χ3n) is 2.36. The minimum atomic E-state index is -0.464. The Labute approximate surface area is 96.5 Å². The predicted molar refractivity (Wildman–Crippen MR) is 60.5 cm³/mol. The van der Waals surface area contributed by atoms with Crippen LogP contribution in [-0.2, 0) is 4.79 Å². The monoisotopic (exact) mass is 234 g/mol. The van der Waals surface area contributed by atoms with Gasteiger partial charge in [0.05, 0.1) is 15.8 Å². The average molecular weight is 234 g/mol. The highest BCUT2D eigenvalue weighted by Gasteiger charge is 2.15. The van der Waals surface area contributed by atoms with Crippen molar-refractivity contribution < 1.29 is 14.6 Å². The van der Waals surface area contributed by atoms with Gasteiger partial charge in [0.2, 0.25) is 0 Å². The van der Waals surface area contributed by atoms with Crippen LogP contribution in [0.4, 0.5) is 5.69 Å². The first-order valence-electron chi connectivity index (χ1n) is 5.09. The van der Waals surface area contributed by atoms with Gasteiger partial charge in [-0.2, -0.15) is 4.73 Å². The van der Waals surface area contributed by atoms with Crippen LogP contribution in [-0.4, -0.2) is 15.6 Å². The van der Waals surface area contributed by atoms with Crippen LogP contribution in [0.2, 0.25) is 0 Å². The number of hydrogen-bond acceptors (Lipinski definition) is 4. The van der Waals surface area contributed by atoms with Crippen molar-refractivity contribution in [2.45, 2.75) is 13.3 Å². The molecule has 0 aliphatic heterocycles. The number of non-ortho nitro benzene ring substituents is 1. The summed E-state index contributed by atoms with van der Waals surface area (Å²) in [6, 6.07) is 6.17. The molecule has 0 aliphatic rings. The molecule has 1 aromatic heterocycles. The lowest BCUT2D eigenvalue weighted by atomic mass is 10.2. The Morgan fingerprint density at radius 2 is 2.24 bits per heavy atom. The van der Waals surface area contributed by atoms with E-state index in [9.17, 15) is 14.9 Å². The van der Waals surface area contributed by atoms with Gasteiger partial charge < -0.3 is 4.84 Å². The molecule has 0 spiro atoms. The molecule has 0 N–H and O–H groups in total. The topological polar surface area (TPSA) is 74.4 Å². The Morgan fingerprint density at radius 1 is 1.47 bits per heavy atom. The lowest BCUT2D eigenvalue weighted by Gasteiger charge is -2.04. The van der Waals surface area contributed by atoms with Crippen molar-refractivity contribution in [1.29, 1.82) is 0 Å². The number of nitro benzene ring substituents is 1. The van der Waals surface area contributed by atoms with Crippen LogP contribution in [0.1, 0.15) is 13.3 Å². The Bertz CT molecular complexity index is 588. The highest BCUT2D eigenvalue weighted by Crippen LogP contribution is 2.25. The zero-order chi connectivity index (χ0) is 12.4. The molecule has 17 heavy (non-hydrogen) atoms. The smallest absolute Gasteiger partial charge is 0.332 e. The van der Waals surface area contributed by atoms with Crippen molar-refractivity contribution >= 4 is 22.6 Å². The highest BCUT2D eigenvalue weighted by molar-refractivity contribution is 5.89. The minimum absolute atomic E-state index is 0.00574. The lowest BCUT2D eigenvalue weighted by Crippen LogP contribution is -2.17. The normalized spacial score (nSPS) is 10.4. The lowest BCUT2D eigenvalue weighted by molar-refractivity contribution is -0.383. The van der Waals surface area contributed by atoms with Crippen LogP contribution in [0.25, 0.3) is 10.9 Å². The van der Waals surface area contributed by atoms with Crippen LogP contribution in [0, 0.1) is 10.1 Å². The fourth-order valence-corrected chi connectivity index (χ4v) is 1.54. The first kappa shape index (κ1) is 11.1. The fraction of sp³-hybridized carbons (Fsp3) is 0.182. The molecule has 0 atom stereocenters. The molecule has 0 aliphatic carbocycles. The summed E-state index contributed by atoms with van der Waals surface area (Å²) in [5, 5.41) is 11.2. The summed E-state index contributed by atoms with van der Waals surface area (Å²) in [5.74, 6) is -0.394. The average Bonchev–Trinajstić information content (AvgIpc) is 2.72. The van der Waals surface area contributed by atoms with Crippen molar-refractivity contribution in [3.05, 3.63) is 40.6 Å². The molecule has 0 unspecified atom stereocenters. The SMILES string of the molecule is CCC(=O)On1ccc2c([N+](=O)[O-])cccc21. The van der Waals surface area contributed by atoms with Gasteiger partial charge in [-0.1, -0.05) is 13.0 Å². The molecular weight excluding hydrogens is 224 g/mol. The van der Waals surface area contributed by atoms with Gasteiger partial charge in [0.25, 0.3) is 5.69 Å². The largest absolute Gasteiger partial charge is 0.337 e. The number of fused-ring (bicyclic) bond motifs is 1. The maximum atomic E-state index is 11.2. The van der Waals surface area contributed by atoms with Crippen LogP contribution in [0.5, 0.6) is 0 Å². The van der Waals surface area contributed by atoms with Crippen LogP contribution < -0.4 is 4.84 Å². The quantitative estimate of drug-likeness (QED) is 0.600. The zero-order valence-corrected chi connectivity index (χ0v) is 9.12. The van der Waals surface area contributed by atoms with Gasteiger partial charge in [0.15, 0.2) is 0 Å². The minimum Gasteiger partial charge on any atom is -0.337 e. The number of rotatable bonds is 3. The summed E-state index contributed by atoms with van der Waals surface area (Å²) in [4.78, 5) is 26.5. The summed E-state index contributed by atoms with van der Waals surface area (Å²) in [5.41, 5.74) is 0.495. The Kier molecular flexibility index (Phi) is 2.78. The molecule has 1 aromatic carbocycles. The number of benzene rings is 1. The second-order valence-corrected chi connectivity index (χ2v) is 3.43. The Morgan fingerprint density at radius 3 is 2.88 bits per heavy atom. The number of carbonyl (C=O) groups excluding carboxylic acids is 1. The molecule has 0 saturated heterocycles. The van der Waals surface area contributed by atoms with Crippen LogP contribution in [0.3, 0.4) is 0 Å². The number of carbonyl (C=O) groups is 1. The van der Waals surface area contributed by atoms with Crippen molar-refractivity contribution in [2.24, 2.45) is 0 Å². The third-order valence-corrected chi connectivity index (χ3v) is 2.36. The molecule has 0 radical (unpaired) electrons. The molecule has 1 heterocycles. The van der Waals surface area contributed by atoms with E-state index < -0.39 is 10.9 Å². The van der Waals surface area contributed by atoms with E-state index in [1.807, 2.05) is 0 Å². The van der Waals surface area contributed by atoms with Crippen molar-refractivity contribution in [3.8, 4) is 0 Å². The molecule has 6 heteroatoms. The number of aromatic nitrogens is 1. The summed E-state index contributed by atoms with van der Waals surface area (Å²) in [7, 11) is 0. The molecule has 0 saturated carbocycles. The van der Waals surface area contributed by atoms with E-state index in [4.69, 9.17) is 4.84 Å². The van der Waals surface area contributed by atoms with Gasteiger partial charge in [-0.25, -0.2) is 4.79 Å². The molecule has 88 valence electrons. The van der Waals surface area contributed by atoms with Crippen molar-refractivity contribution in [1.82, 2.24) is 4.73 Å². The molecule has 2 aromatic rings. The van der Waals surface area contributed by atoms with E-state index in [2.05, 4.69) is 0 Å². The predicted octanol–water partition coefficient (Wildman–Crippen LogP) is 1.91. The molecule has 0 bridgehead atoms. The zero-order valence-electron chi connectivity index (χ0n) is 9.12. The van der Waals surface area contributed by atoms with E-state index in [0.717, 1.165) is 0 Å². The number of hydrogen-bond donors (Lipinski definition) is 0. The second kappa shape index (κ2) is 4.25. The summed E-state index contributed by atoms with van der Waals surface area (Å²) >= 11 is 0. The summed E-state index contributed by atoms with van der Waals surface area (Å²) < 4.78 is 1.24. The van der Waals surface area contributed by atoms with Crippen molar-refractivity contribution in [3.63, 3.8) is 0 Å². The molecule has 0 fully saturated rings. The van der Waals surface area contributed by atoms with Gasteiger partial charge in [-0.05, 0) is 12.1 Å². The van der Waals surface area contributed by atoms with E-state index in [1.54, 1.807) is 25.1 Å². The number of nitro groups is 1. The third kappa shape index (κ3) is 1.96. The number of nitrogens with zero attached hydrogens (tertiary/aromatic N) is 2. The van der Waals surface area contributed by atoms with E-state index >= 15 is 0 Å². The molecule has 2 rings (SSSR count). The Balaban J connectivity index is 2.51. The maximum absolute atomic E-state index is 11.2. The molecule has 6 nitrogen and oxygen atoms in total. The van der Waals surface area contributed by atoms with E-state index in [1.165, 1.54) is 17.0 Å². The fourth-order valence-electron chi connectivity index (χ4n) is 1.54. The van der Waals surface area contributed by atoms with E-state index in [-0.39, 0.29) is 12.1 Å². The van der Waals surface area contributed by atoms with Gasteiger partial charge in [-0.3, -0.25) is 10.1 Å². The summed E-state index contributed by atoms with van der Waals surface area (Å²) in [6.07, 6.45) is 1.74. The van der Waals surface area contributed by atoms with Gasteiger partial charge in [-0.15, -0.1) is 0 Å². The molecule has 0 amide bonds. The first-order chi connectivity index (χ1) is 8.13. The van der Waals surface area contributed by atoms with Gasteiger partial charge >= 0.3 is 5.97 Å².